The summed E-state index contributed by atoms with van der Waals surface area (Å²) in [5.74, 6) is 2.82. The van der Waals surface area contributed by atoms with Crippen molar-refractivity contribution in [3.8, 4) is 11.5 Å². The van der Waals surface area contributed by atoms with Gasteiger partial charge in [-0.2, -0.15) is 0 Å². The molecule has 109 valence electrons. The van der Waals surface area contributed by atoms with E-state index in [9.17, 15) is 0 Å². The molecule has 0 aromatic heterocycles. The molecule has 0 heterocycles. The molecule has 0 spiro atoms. The third-order valence-corrected chi connectivity index (χ3v) is 4.20. The van der Waals surface area contributed by atoms with Crippen LogP contribution >= 0.6 is 0 Å². The Bertz CT molecular complexity index is 493. The second kappa shape index (κ2) is 7.54. The maximum atomic E-state index is 5.68. The van der Waals surface area contributed by atoms with Gasteiger partial charge in [0.2, 0.25) is 0 Å². The quantitative estimate of drug-likeness (QED) is 0.704. The molecule has 0 saturated carbocycles. The van der Waals surface area contributed by atoms with Crippen LogP contribution in [0.15, 0.2) is 48.5 Å². The first kappa shape index (κ1) is 16.0. The van der Waals surface area contributed by atoms with Gasteiger partial charge in [0.15, 0.2) is 0 Å². The van der Waals surface area contributed by atoms with Crippen molar-refractivity contribution in [2.75, 3.05) is 0 Å². The Morgan fingerprint density at radius 3 is 1.24 bits per heavy atom. The van der Waals surface area contributed by atoms with E-state index in [1.807, 2.05) is 24.3 Å². The number of hydrogen-bond acceptors (Lipinski definition) is 2. The lowest BCUT2D eigenvalue weighted by Gasteiger charge is -2.11. The summed E-state index contributed by atoms with van der Waals surface area (Å²) < 4.78 is 11.4. The molecular weight excluding hydrogens is 275 g/mol. The smallest absolute Gasteiger partial charge is 0.616 e. The van der Waals surface area contributed by atoms with Crippen LogP contribution in [0.1, 0.15) is 50.7 Å². The monoisotopic (exact) mass is 297 g/mol. The van der Waals surface area contributed by atoms with Gasteiger partial charge in [-0.25, -0.2) is 0 Å². The standard InChI is InChI=1S/2C9H12O.Al/c2*1-7(2)8-3-5-9(10)6-4-8;/h2*3-7,10H,1-2H3;/q;;+2/p-2. The van der Waals surface area contributed by atoms with Crippen molar-refractivity contribution in [1.82, 2.24) is 0 Å². The van der Waals surface area contributed by atoms with Gasteiger partial charge in [-0.05, 0) is 47.2 Å². The van der Waals surface area contributed by atoms with Gasteiger partial charge < -0.3 is 7.58 Å². The van der Waals surface area contributed by atoms with Crippen LogP contribution in [0.5, 0.6) is 11.5 Å². The Labute approximate surface area is 134 Å². The molecule has 0 atom stereocenters. The van der Waals surface area contributed by atoms with Crippen LogP contribution in [0, 0.1) is 0 Å². The van der Waals surface area contributed by atoms with Crippen LogP contribution in [0.4, 0.5) is 0 Å². The SMILES string of the molecule is CC(C)c1ccc([O][Al][O]c2ccc(C(C)C)cc2)cc1. The van der Waals surface area contributed by atoms with Crippen molar-refractivity contribution in [2.45, 2.75) is 39.5 Å². The average Bonchev–Trinajstić information content (AvgIpc) is 2.48. The van der Waals surface area contributed by atoms with Crippen molar-refractivity contribution < 1.29 is 7.58 Å². The highest BCUT2D eigenvalue weighted by Gasteiger charge is 2.07. The van der Waals surface area contributed by atoms with E-state index in [-0.39, 0.29) is 0 Å². The van der Waals surface area contributed by atoms with Gasteiger partial charge in [0.05, 0.1) is 11.5 Å². The summed E-state index contributed by atoms with van der Waals surface area (Å²) >= 11 is -0.539. The van der Waals surface area contributed by atoms with E-state index in [0.717, 1.165) is 11.5 Å². The van der Waals surface area contributed by atoms with E-state index >= 15 is 0 Å². The zero-order chi connectivity index (χ0) is 15.2. The summed E-state index contributed by atoms with van der Waals surface area (Å²) in [6.07, 6.45) is 0. The summed E-state index contributed by atoms with van der Waals surface area (Å²) in [6, 6.07) is 16.5. The topological polar surface area (TPSA) is 18.5 Å². The second-order valence-electron chi connectivity index (χ2n) is 5.78. The molecule has 2 aromatic carbocycles. The highest BCUT2D eigenvalue weighted by Crippen LogP contribution is 2.20. The average molecular weight is 297 g/mol. The molecule has 0 N–H and O–H groups in total. The summed E-state index contributed by atoms with van der Waals surface area (Å²) in [6.45, 7) is 8.74. The van der Waals surface area contributed by atoms with E-state index in [4.69, 9.17) is 7.58 Å². The van der Waals surface area contributed by atoms with E-state index in [2.05, 4.69) is 52.0 Å². The fourth-order valence-corrected chi connectivity index (χ4v) is 2.58. The first-order chi connectivity index (χ1) is 10.1. The van der Waals surface area contributed by atoms with Crippen LogP contribution in [0.2, 0.25) is 0 Å². The van der Waals surface area contributed by atoms with Crippen molar-refractivity contribution in [1.29, 1.82) is 0 Å². The maximum absolute atomic E-state index is 5.68. The highest BCUT2D eigenvalue weighted by molar-refractivity contribution is 6.20. The summed E-state index contributed by atoms with van der Waals surface area (Å²) in [7, 11) is 0. The van der Waals surface area contributed by atoms with E-state index < -0.39 is 15.9 Å². The first-order valence-electron chi connectivity index (χ1n) is 7.41. The van der Waals surface area contributed by atoms with Gasteiger partial charge in [-0.15, -0.1) is 0 Å². The molecular formula is C18H22AlO2. The Morgan fingerprint density at radius 1 is 0.619 bits per heavy atom. The molecule has 0 aliphatic heterocycles. The van der Waals surface area contributed by atoms with E-state index in [0.29, 0.717) is 11.8 Å². The minimum Gasteiger partial charge on any atom is -0.616 e. The van der Waals surface area contributed by atoms with Gasteiger partial charge >= 0.3 is 15.9 Å². The van der Waals surface area contributed by atoms with Gasteiger partial charge in [-0.3, -0.25) is 0 Å². The molecule has 0 aliphatic rings. The molecule has 2 aromatic rings. The molecule has 3 heteroatoms. The maximum Gasteiger partial charge on any atom is 0.881 e. The third kappa shape index (κ3) is 4.81. The Kier molecular flexibility index (Phi) is 5.73. The lowest BCUT2D eigenvalue weighted by molar-refractivity contribution is 0.458. The minimum absolute atomic E-state index is 0.539. The van der Waals surface area contributed by atoms with Gasteiger partial charge in [0.25, 0.3) is 0 Å². The van der Waals surface area contributed by atoms with Gasteiger partial charge in [0.1, 0.15) is 0 Å². The van der Waals surface area contributed by atoms with E-state index in [1.54, 1.807) is 0 Å². The number of benzene rings is 2. The molecule has 0 saturated heterocycles. The Balaban J connectivity index is 1.83. The van der Waals surface area contributed by atoms with Crippen molar-refractivity contribution in [3.63, 3.8) is 0 Å². The largest absolute Gasteiger partial charge is 0.881 e. The molecule has 0 fully saturated rings. The van der Waals surface area contributed by atoms with Gasteiger partial charge in [-0.1, -0.05) is 52.0 Å². The molecule has 2 rings (SSSR count). The van der Waals surface area contributed by atoms with E-state index in [1.165, 1.54) is 11.1 Å². The third-order valence-electron chi connectivity index (χ3n) is 3.46. The molecule has 2 nitrogen and oxygen atoms in total. The predicted octanol–water partition coefficient (Wildman–Crippen LogP) is 4.93. The summed E-state index contributed by atoms with van der Waals surface area (Å²) in [4.78, 5) is 0. The molecule has 21 heavy (non-hydrogen) atoms. The first-order valence-corrected chi connectivity index (χ1v) is 8.35. The van der Waals surface area contributed by atoms with Gasteiger partial charge in [0, 0.05) is 0 Å². The van der Waals surface area contributed by atoms with Crippen molar-refractivity contribution in [2.24, 2.45) is 0 Å². The second-order valence-corrected chi connectivity index (χ2v) is 6.44. The normalized spacial score (nSPS) is 10.8. The van der Waals surface area contributed by atoms with Crippen LogP contribution in [-0.4, -0.2) is 15.9 Å². The van der Waals surface area contributed by atoms with Crippen molar-refractivity contribution >= 4 is 15.9 Å². The fourth-order valence-electron chi connectivity index (χ4n) is 2.00. The minimum atomic E-state index is -0.539. The Hall–Kier alpha value is -1.43. The zero-order valence-electron chi connectivity index (χ0n) is 13.2. The molecule has 0 amide bonds. The van der Waals surface area contributed by atoms with Crippen LogP contribution < -0.4 is 7.58 Å². The lowest BCUT2D eigenvalue weighted by Crippen LogP contribution is -2.10. The molecule has 0 unspecified atom stereocenters. The summed E-state index contributed by atoms with van der Waals surface area (Å²) in [5.41, 5.74) is 2.64. The molecule has 0 aliphatic carbocycles. The van der Waals surface area contributed by atoms with Crippen molar-refractivity contribution in [3.05, 3.63) is 59.7 Å². The Morgan fingerprint density at radius 2 is 0.952 bits per heavy atom. The van der Waals surface area contributed by atoms with Crippen LogP contribution in [0.3, 0.4) is 0 Å². The zero-order valence-corrected chi connectivity index (χ0v) is 14.3. The van der Waals surface area contributed by atoms with Crippen LogP contribution in [-0.2, 0) is 0 Å². The van der Waals surface area contributed by atoms with Crippen LogP contribution in [0.25, 0.3) is 0 Å². The number of rotatable bonds is 6. The predicted molar refractivity (Wildman–Crippen MR) is 88.1 cm³/mol. The fraction of sp³-hybridized carbons (Fsp3) is 0.333. The molecule has 1 radical (unpaired) electrons. The molecule has 0 bridgehead atoms. The summed E-state index contributed by atoms with van der Waals surface area (Å²) in [5, 5.41) is 0. The highest BCUT2D eigenvalue weighted by atomic mass is 27.2. The lowest BCUT2D eigenvalue weighted by atomic mass is 10.0. The number of hydrogen-bond donors (Lipinski definition) is 0.